The summed E-state index contributed by atoms with van der Waals surface area (Å²) in [4.78, 5) is 38.1. The molecule has 1 aliphatic rings. The lowest BCUT2D eigenvalue weighted by atomic mass is 9.79. The maximum absolute atomic E-state index is 13.8. The van der Waals surface area contributed by atoms with Gasteiger partial charge in [-0.15, -0.1) is 0 Å². The van der Waals surface area contributed by atoms with Crippen LogP contribution in [0.15, 0.2) is 24.3 Å². The number of nitrogens with zero attached hydrogens (tertiary/aromatic N) is 2. The molecular formula is C23H22F4N4O4. The number of carbonyl (C=O) groups is 3. The molecule has 186 valence electrons. The number of Topliss-reactive ketones (excluding diaryl/α,β-unsaturated/α-hetero) is 1. The number of halogens is 4. The number of hydrogen-bond donors (Lipinski definition) is 3. The largest absolute Gasteiger partial charge is 0.411 e. The SMILES string of the molecule is Cc1c(C(=O)C(=O)NC2(C(F)(F)F)CCC(O)CC2)cc(C(=O)Nc2ccc(F)c(C#N)c2)n1C. The standard InChI is InChI=1S/C23H22F4N4O4/c1-12-16(19(33)21(35)30-22(23(25,26)27)7-5-15(32)6-8-22)10-18(31(12)2)20(34)29-14-3-4-17(24)13(9-14)11-28/h3-4,9-10,15,32H,5-8H2,1-2H3,(H,29,34)(H,30,35). The number of alkyl halides is 3. The average Bonchev–Trinajstić information content (AvgIpc) is 3.09. The van der Waals surface area contributed by atoms with Gasteiger partial charge in [0.2, 0.25) is 0 Å². The predicted octanol–water partition coefficient (Wildman–Crippen LogP) is 3.13. The number of anilines is 1. The van der Waals surface area contributed by atoms with Gasteiger partial charge in [0.05, 0.1) is 11.7 Å². The highest BCUT2D eigenvalue weighted by molar-refractivity contribution is 6.43. The minimum atomic E-state index is -4.84. The predicted molar refractivity (Wildman–Crippen MR) is 115 cm³/mol. The van der Waals surface area contributed by atoms with E-state index in [9.17, 15) is 37.1 Å². The van der Waals surface area contributed by atoms with Crippen LogP contribution in [0.5, 0.6) is 0 Å². The molecule has 1 aromatic carbocycles. The minimum Gasteiger partial charge on any atom is -0.393 e. The molecule has 0 spiro atoms. The van der Waals surface area contributed by atoms with E-state index in [0.29, 0.717) is 0 Å². The molecule has 1 aromatic heterocycles. The quantitative estimate of drug-likeness (QED) is 0.335. The van der Waals surface area contributed by atoms with Crippen molar-refractivity contribution in [2.45, 2.75) is 50.4 Å². The topological polar surface area (TPSA) is 124 Å². The smallest absolute Gasteiger partial charge is 0.393 e. The van der Waals surface area contributed by atoms with Gasteiger partial charge in [0.1, 0.15) is 23.1 Å². The maximum Gasteiger partial charge on any atom is 0.411 e. The van der Waals surface area contributed by atoms with E-state index in [1.165, 1.54) is 24.6 Å². The highest BCUT2D eigenvalue weighted by Gasteiger charge is 2.57. The summed E-state index contributed by atoms with van der Waals surface area (Å²) in [5, 5.41) is 22.8. The van der Waals surface area contributed by atoms with Crippen molar-refractivity contribution in [1.82, 2.24) is 9.88 Å². The molecule has 2 amide bonds. The van der Waals surface area contributed by atoms with Gasteiger partial charge in [-0.25, -0.2) is 4.39 Å². The number of ketones is 1. The van der Waals surface area contributed by atoms with E-state index in [1.54, 1.807) is 6.07 Å². The Morgan fingerprint density at radius 2 is 1.83 bits per heavy atom. The van der Waals surface area contributed by atoms with Crippen molar-refractivity contribution in [3.8, 4) is 6.07 Å². The minimum absolute atomic E-state index is 0.0900. The summed E-state index contributed by atoms with van der Waals surface area (Å²) in [7, 11) is 1.42. The summed E-state index contributed by atoms with van der Waals surface area (Å²) >= 11 is 0. The van der Waals surface area contributed by atoms with Crippen LogP contribution < -0.4 is 10.6 Å². The molecular weight excluding hydrogens is 472 g/mol. The molecule has 0 radical (unpaired) electrons. The molecule has 0 atom stereocenters. The lowest BCUT2D eigenvalue weighted by Gasteiger charge is -2.40. The van der Waals surface area contributed by atoms with E-state index < -0.39 is 54.1 Å². The Bertz CT molecular complexity index is 1220. The molecule has 1 fully saturated rings. The number of aliphatic hydroxyl groups is 1. The number of amides is 2. The molecule has 0 bridgehead atoms. The summed E-state index contributed by atoms with van der Waals surface area (Å²) in [6.45, 7) is 1.42. The van der Waals surface area contributed by atoms with E-state index in [-0.39, 0.29) is 41.0 Å². The number of carbonyl (C=O) groups excluding carboxylic acids is 3. The number of aromatic nitrogens is 1. The highest BCUT2D eigenvalue weighted by atomic mass is 19.4. The Morgan fingerprint density at radius 1 is 1.20 bits per heavy atom. The molecule has 8 nitrogen and oxygen atoms in total. The third-order valence-electron chi connectivity index (χ3n) is 6.27. The van der Waals surface area contributed by atoms with Crippen molar-refractivity contribution in [2.75, 3.05) is 5.32 Å². The summed E-state index contributed by atoms with van der Waals surface area (Å²) in [5.41, 5.74) is -3.03. The van der Waals surface area contributed by atoms with E-state index >= 15 is 0 Å². The third-order valence-corrected chi connectivity index (χ3v) is 6.27. The molecule has 0 saturated heterocycles. The summed E-state index contributed by atoms with van der Waals surface area (Å²) < 4.78 is 56.1. The van der Waals surface area contributed by atoms with Crippen LogP contribution in [0, 0.1) is 24.1 Å². The van der Waals surface area contributed by atoms with Crippen LogP contribution in [-0.4, -0.2) is 45.1 Å². The van der Waals surface area contributed by atoms with E-state index in [1.807, 2.05) is 5.32 Å². The van der Waals surface area contributed by atoms with Crippen molar-refractivity contribution in [3.05, 3.63) is 52.6 Å². The monoisotopic (exact) mass is 494 g/mol. The van der Waals surface area contributed by atoms with Crippen molar-refractivity contribution >= 4 is 23.3 Å². The first-order chi connectivity index (χ1) is 16.3. The van der Waals surface area contributed by atoms with Crippen LogP contribution in [0.1, 0.15) is 57.8 Å². The Morgan fingerprint density at radius 3 is 2.40 bits per heavy atom. The molecule has 0 unspecified atom stereocenters. The van der Waals surface area contributed by atoms with Gasteiger partial charge in [0, 0.05) is 24.0 Å². The van der Waals surface area contributed by atoms with Crippen LogP contribution in [-0.2, 0) is 11.8 Å². The Kier molecular flexibility index (Phi) is 7.03. The number of nitrogens with one attached hydrogen (secondary N) is 2. The Labute approximate surface area is 197 Å². The molecule has 0 aliphatic heterocycles. The van der Waals surface area contributed by atoms with E-state index in [0.717, 1.165) is 18.2 Å². The van der Waals surface area contributed by atoms with Crippen molar-refractivity contribution in [1.29, 1.82) is 5.26 Å². The molecule has 3 N–H and O–H groups in total. The third kappa shape index (κ3) is 5.05. The normalized spacial score (nSPS) is 20.1. The Hall–Kier alpha value is -3.72. The fourth-order valence-electron chi connectivity index (χ4n) is 4.00. The first-order valence-electron chi connectivity index (χ1n) is 10.6. The van der Waals surface area contributed by atoms with Gasteiger partial charge in [-0.1, -0.05) is 0 Å². The van der Waals surface area contributed by atoms with E-state index in [4.69, 9.17) is 5.26 Å². The fourth-order valence-corrected chi connectivity index (χ4v) is 4.00. The first-order valence-corrected chi connectivity index (χ1v) is 10.6. The molecule has 1 heterocycles. The van der Waals surface area contributed by atoms with Gasteiger partial charge >= 0.3 is 6.18 Å². The zero-order chi connectivity index (χ0) is 26.1. The summed E-state index contributed by atoms with van der Waals surface area (Å²) in [6.07, 6.45) is -7.25. The van der Waals surface area contributed by atoms with Gasteiger partial charge < -0.3 is 20.3 Å². The van der Waals surface area contributed by atoms with Crippen molar-refractivity contribution < 1.29 is 37.1 Å². The zero-order valence-corrected chi connectivity index (χ0v) is 18.8. The number of nitriles is 1. The van der Waals surface area contributed by atoms with Crippen LogP contribution >= 0.6 is 0 Å². The molecule has 35 heavy (non-hydrogen) atoms. The lowest BCUT2D eigenvalue weighted by Crippen LogP contribution is -2.61. The molecule has 1 saturated carbocycles. The highest BCUT2D eigenvalue weighted by Crippen LogP contribution is 2.41. The molecule has 2 aromatic rings. The van der Waals surface area contributed by atoms with Crippen LogP contribution in [0.4, 0.5) is 23.2 Å². The van der Waals surface area contributed by atoms with Gasteiger partial charge in [0.25, 0.3) is 17.6 Å². The second-order valence-electron chi connectivity index (χ2n) is 8.44. The van der Waals surface area contributed by atoms with Crippen LogP contribution in [0.25, 0.3) is 0 Å². The summed E-state index contributed by atoms with van der Waals surface area (Å²) in [5.74, 6) is -4.25. The lowest BCUT2D eigenvalue weighted by molar-refractivity contribution is -0.209. The van der Waals surface area contributed by atoms with Crippen LogP contribution in [0.3, 0.4) is 0 Å². The second kappa shape index (κ2) is 9.50. The second-order valence-corrected chi connectivity index (χ2v) is 8.44. The maximum atomic E-state index is 13.8. The first kappa shape index (κ1) is 25.9. The average molecular weight is 494 g/mol. The van der Waals surface area contributed by atoms with Crippen molar-refractivity contribution in [3.63, 3.8) is 0 Å². The van der Waals surface area contributed by atoms with Gasteiger partial charge in [-0.3, -0.25) is 14.4 Å². The van der Waals surface area contributed by atoms with Crippen molar-refractivity contribution in [2.24, 2.45) is 7.05 Å². The van der Waals surface area contributed by atoms with E-state index in [2.05, 4.69) is 5.32 Å². The number of benzene rings is 1. The van der Waals surface area contributed by atoms with Gasteiger partial charge in [0.15, 0.2) is 0 Å². The van der Waals surface area contributed by atoms with Gasteiger partial charge in [-0.05, 0) is 56.9 Å². The number of aliphatic hydroxyl groups excluding tert-OH is 1. The molecule has 1 aliphatic carbocycles. The van der Waals surface area contributed by atoms with Crippen LogP contribution in [0.2, 0.25) is 0 Å². The number of hydrogen-bond acceptors (Lipinski definition) is 5. The molecule has 3 rings (SSSR count). The summed E-state index contributed by atoms with van der Waals surface area (Å²) in [6, 6.07) is 6.04. The zero-order valence-electron chi connectivity index (χ0n) is 18.8. The fraction of sp³-hybridized carbons (Fsp3) is 0.391. The van der Waals surface area contributed by atoms with Gasteiger partial charge in [-0.2, -0.15) is 18.4 Å². The Balaban J connectivity index is 1.83. The number of rotatable bonds is 5. The molecule has 12 heteroatoms.